The molecule has 0 saturated heterocycles. The Bertz CT molecular complexity index is 478. The van der Waals surface area contributed by atoms with Crippen molar-refractivity contribution < 1.29 is 28.2 Å². The van der Waals surface area contributed by atoms with Gasteiger partial charge in [0.15, 0.2) is 0 Å². The van der Waals surface area contributed by atoms with Gasteiger partial charge in [-0.05, 0) is 18.2 Å². The number of hydrogen-bond donors (Lipinski definition) is 1. The fraction of sp³-hybridized carbons (Fsp3) is 0.385. The molecular weight excluding hydrogens is 269 g/mol. The van der Waals surface area contributed by atoms with E-state index in [1.165, 1.54) is 26.4 Å². The molecule has 0 atom stereocenters. The van der Waals surface area contributed by atoms with E-state index in [1.807, 2.05) is 0 Å². The average Bonchev–Trinajstić information content (AvgIpc) is 2.45. The highest BCUT2D eigenvalue weighted by molar-refractivity contribution is 5.95. The summed E-state index contributed by atoms with van der Waals surface area (Å²) >= 11 is 0. The monoisotopic (exact) mass is 285 g/mol. The SMILES string of the molecule is COCCOCC(=O)Nc1cc(C(=O)OC)ccc1F. The van der Waals surface area contributed by atoms with Crippen molar-refractivity contribution in [2.75, 3.05) is 39.4 Å². The number of benzene rings is 1. The fourth-order valence-corrected chi connectivity index (χ4v) is 1.36. The smallest absolute Gasteiger partial charge is 0.337 e. The number of carbonyl (C=O) groups is 2. The summed E-state index contributed by atoms with van der Waals surface area (Å²) in [5.41, 5.74) is 0.0396. The minimum atomic E-state index is -0.650. The van der Waals surface area contributed by atoms with E-state index >= 15 is 0 Å². The lowest BCUT2D eigenvalue weighted by molar-refractivity contribution is -0.121. The van der Waals surface area contributed by atoms with Crippen molar-refractivity contribution >= 4 is 17.6 Å². The van der Waals surface area contributed by atoms with Gasteiger partial charge in [0.1, 0.15) is 12.4 Å². The zero-order valence-electron chi connectivity index (χ0n) is 11.3. The third-order valence-corrected chi connectivity index (χ3v) is 2.33. The molecule has 0 aliphatic carbocycles. The summed E-state index contributed by atoms with van der Waals surface area (Å²) in [7, 11) is 2.73. The minimum Gasteiger partial charge on any atom is -0.465 e. The average molecular weight is 285 g/mol. The van der Waals surface area contributed by atoms with Gasteiger partial charge >= 0.3 is 5.97 Å². The van der Waals surface area contributed by atoms with Crippen molar-refractivity contribution in [3.63, 3.8) is 0 Å². The quantitative estimate of drug-likeness (QED) is 0.602. The summed E-state index contributed by atoms with van der Waals surface area (Å²) in [6.07, 6.45) is 0. The van der Waals surface area contributed by atoms with Crippen LogP contribution in [0.4, 0.5) is 10.1 Å². The van der Waals surface area contributed by atoms with Gasteiger partial charge in [-0.25, -0.2) is 9.18 Å². The van der Waals surface area contributed by atoms with Crippen LogP contribution in [0.15, 0.2) is 18.2 Å². The number of halogens is 1. The number of ether oxygens (including phenoxy) is 3. The number of carbonyl (C=O) groups excluding carboxylic acids is 2. The molecule has 7 heteroatoms. The Hall–Kier alpha value is -1.99. The zero-order valence-corrected chi connectivity index (χ0v) is 11.3. The largest absolute Gasteiger partial charge is 0.465 e. The fourth-order valence-electron chi connectivity index (χ4n) is 1.36. The summed E-state index contributed by atoms with van der Waals surface area (Å²) < 4.78 is 27.8. The molecule has 110 valence electrons. The molecule has 1 amide bonds. The van der Waals surface area contributed by atoms with Gasteiger partial charge in [0, 0.05) is 7.11 Å². The summed E-state index contributed by atoms with van der Waals surface area (Å²) in [5, 5.41) is 2.32. The van der Waals surface area contributed by atoms with Crippen LogP contribution in [-0.4, -0.2) is 45.9 Å². The van der Waals surface area contributed by atoms with Crippen LogP contribution < -0.4 is 5.32 Å². The lowest BCUT2D eigenvalue weighted by atomic mass is 10.2. The first kappa shape index (κ1) is 16.1. The Balaban J connectivity index is 2.62. The van der Waals surface area contributed by atoms with Crippen molar-refractivity contribution in [3.05, 3.63) is 29.6 Å². The van der Waals surface area contributed by atoms with Gasteiger partial charge in [-0.1, -0.05) is 0 Å². The minimum absolute atomic E-state index is 0.103. The molecule has 1 aromatic carbocycles. The third-order valence-electron chi connectivity index (χ3n) is 2.33. The predicted molar refractivity (Wildman–Crippen MR) is 69.1 cm³/mol. The first-order chi connectivity index (χ1) is 9.58. The molecule has 6 nitrogen and oxygen atoms in total. The zero-order chi connectivity index (χ0) is 15.0. The lowest BCUT2D eigenvalue weighted by Gasteiger charge is -2.08. The van der Waals surface area contributed by atoms with Crippen LogP contribution >= 0.6 is 0 Å². The van der Waals surface area contributed by atoms with Gasteiger partial charge in [0.05, 0.1) is 31.6 Å². The van der Waals surface area contributed by atoms with E-state index in [9.17, 15) is 14.0 Å². The van der Waals surface area contributed by atoms with E-state index in [-0.39, 0.29) is 24.5 Å². The van der Waals surface area contributed by atoms with Crippen molar-refractivity contribution in [2.45, 2.75) is 0 Å². The van der Waals surface area contributed by atoms with E-state index in [1.54, 1.807) is 0 Å². The van der Waals surface area contributed by atoms with Crippen LogP contribution in [0, 0.1) is 5.82 Å². The standard InChI is InChI=1S/C13H16FNO5/c1-18-5-6-20-8-12(16)15-11-7-9(13(17)19-2)3-4-10(11)14/h3-4,7H,5-6,8H2,1-2H3,(H,15,16). The van der Waals surface area contributed by atoms with Crippen LogP contribution in [0.2, 0.25) is 0 Å². The second-order valence-corrected chi connectivity index (χ2v) is 3.78. The Morgan fingerprint density at radius 1 is 1.25 bits per heavy atom. The maximum absolute atomic E-state index is 13.5. The van der Waals surface area contributed by atoms with Gasteiger partial charge in [-0.2, -0.15) is 0 Å². The highest BCUT2D eigenvalue weighted by Crippen LogP contribution is 2.16. The van der Waals surface area contributed by atoms with Crippen molar-refractivity contribution in [3.8, 4) is 0 Å². The maximum atomic E-state index is 13.5. The van der Waals surface area contributed by atoms with Gasteiger partial charge in [0.2, 0.25) is 5.91 Å². The van der Waals surface area contributed by atoms with Gasteiger partial charge < -0.3 is 19.5 Å². The van der Waals surface area contributed by atoms with Crippen molar-refractivity contribution in [1.82, 2.24) is 0 Å². The van der Waals surface area contributed by atoms with E-state index in [0.29, 0.717) is 6.61 Å². The molecule has 0 spiro atoms. The molecule has 0 fully saturated rings. The molecular formula is C13H16FNO5. The van der Waals surface area contributed by atoms with Crippen molar-refractivity contribution in [1.29, 1.82) is 0 Å². The molecule has 0 aliphatic heterocycles. The molecule has 0 aliphatic rings. The summed E-state index contributed by atoms with van der Waals surface area (Å²) in [5.74, 6) is -1.79. The lowest BCUT2D eigenvalue weighted by Crippen LogP contribution is -2.20. The number of nitrogens with one attached hydrogen (secondary N) is 1. The molecule has 1 N–H and O–H groups in total. The maximum Gasteiger partial charge on any atom is 0.337 e. The third kappa shape index (κ3) is 4.94. The van der Waals surface area contributed by atoms with Gasteiger partial charge in [-0.15, -0.1) is 0 Å². The molecule has 20 heavy (non-hydrogen) atoms. The highest BCUT2D eigenvalue weighted by atomic mass is 19.1. The Kier molecular flexibility index (Phi) is 6.61. The van der Waals surface area contributed by atoms with E-state index in [4.69, 9.17) is 9.47 Å². The Morgan fingerprint density at radius 2 is 2.00 bits per heavy atom. The van der Waals surface area contributed by atoms with Crippen molar-refractivity contribution in [2.24, 2.45) is 0 Å². The summed E-state index contributed by atoms with van der Waals surface area (Å²) in [6, 6.07) is 3.55. The number of esters is 1. The molecule has 0 unspecified atom stereocenters. The number of methoxy groups -OCH3 is 2. The molecule has 0 heterocycles. The van der Waals surface area contributed by atoms with Crippen LogP contribution in [0.1, 0.15) is 10.4 Å². The van der Waals surface area contributed by atoms with Crippen LogP contribution in [-0.2, 0) is 19.0 Å². The Labute approximate surface area is 115 Å². The van der Waals surface area contributed by atoms with Crippen LogP contribution in [0.3, 0.4) is 0 Å². The second-order valence-electron chi connectivity index (χ2n) is 3.78. The molecule has 0 aromatic heterocycles. The number of rotatable bonds is 7. The van der Waals surface area contributed by atoms with E-state index in [0.717, 1.165) is 6.07 Å². The highest BCUT2D eigenvalue weighted by Gasteiger charge is 2.12. The number of hydrogen-bond acceptors (Lipinski definition) is 5. The summed E-state index contributed by atoms with van der Waals surface area (Å²) in [6.45, 7) is 0.388. The van der Waals surface area contributed by atoms with E-state index in [2.05, 4.69) is 10.1 Å². The van der Waals surface area contributed by atoms with Gasteiger partial charge in [-0.3, -0.25) is 4.79 Å². The topological polar surface area (TPSA) is 73.9 Å². The number of anilines is 1. The number of amides is 1. The molecule has 1 aromatic rings. The van der Waals surface area contributed by atoms with Crippen LogP contribution in [0.25, 0.3) is 0 Å². The molecule has 1 rings (SSSR count). The Morgan fingerprint density at radius 3 is 2.65 bits per heavy atom. The normalized spacial score (nSPS) is 10.2. The first-order valence-corrected chi connectivity index (χ1v) is 5.83. The second kappa shape index (κ2) is 8.23. The van der Waals surface area contributed by atoms with E-state index < -0.39 is 17.7 Å². The first-order valence-electron chi connectivity index (χ1n) is 5.83. The molecule has 0 bridgehead atoms. The molecule has 0 saturated carbocycles. The molecule has 0 radical (unpaired) electrons. The van der Waals surface area contributed by atoms with Gasteiger partial charge in [0.25, 0.3) is 0 Å². The van der Waals surface area contributed by atoms with Crippen LogP contribution in [0.5, 0.6) is 0 Å². The summed E-state index contributed by atoms with van der Waals surface area (Å²) in [4.78, 5) is 22.8. The predicted octanol–water partition coefficient (Wildman–Crippen LogP) is 1.21.